The molecular weight excluding hydrogens is 268 g/mol. The summed E-state index contributed by atoms with van der Waals surface area (Å²) >= 11 is 0. The van der Waals surface area contributed by atoms with Crippen molar-refractivity contribution < 1.29 is 17.9 Å². The second kappa shape index (κ2) is 5.76. The summed E-state index contributed by atoms with van der Waals surface area (Å²) in [7, 11) is -3.31. The third kappa shape index (κ3) is 4.15. The highest BCUT2D eigenvalue weighted by atomic mass is 32.2. The van der Waals surface area contributed by atoms with Crippen LogP contribution in [0.4, 0.5) is 0 Å². The second-order valence-electron chi connectivity index (χ2n) is 5.46. The van der Waals surface area contributed by atoms with Crippen molar-refractivity contribution in [3.63, 3.8) is 0 Å². The standard InChI is InChI=1S/C12H22N2O4S/c1-9-7-14(8-10(2)18-9)19(16,17)6-5-13-12(15)11-3-4-11/h9-11H,3-8H2,1-2H3,(H,13,15)/t9-,10+. The molecule has 0 aromatic carbocycles. The molecule has 1 saturated carbocycles. The maximum absolute atomic E-state index is 12.2. The molecule has 2 rings (SSSR count). The van der Waals surface area contributed by atoms with Gasteiger partial charge < -0.3 is 10.1 Å². The van der Waals surface area contributed by atoms with Crippen LogP contribution >= 0.6 is 0 Å². The molecule has 2 aliphatic rings. The third-order valence-corrected chi connectivity index (χ3v) is 5.19. The molecule has 2 fully saturated rings. The van der Waals surface area contributed by atoms with Gasteiger partial charge in [0.1, 0.15) is 0 Å². The maximum Gasteiger partial charge on any atom is 0.223 e. The van der Waals surface area contributed by atoms with Crippen LogP contribution in [0.25, 0.3) is 0 Å². The SMILES string of the molecule is C[C@@H]1CN(S(=O)(=O)CCNC(=O)C2CC2)C[C@H](C)O1. The van der Waals surface area contributed by atoms with Crippen LogP contribution in [0, 0.1) is 5.92 Å². The lowest BCUT2D eigenvalue weighted by Crippen LogP contribution is -2.49. The van der Waals surface area contributed by atoms with Gasteiger partial charge in [-0.05, 0) is 26.7 Å². The lowest BCUT2D eigenvalue weighted by molar-refractivity contribution is -0.122. The van der Waals surface area contributed by atoms with Gasteiger partial charge in [-0.25, -0.2) is 8.42 Å². The largest absolute Gasteiger partial charge is 0.373 e. The molecule has 1 amide bonds. The maximum atomic E-state index is 12.2. The normalized spacial score (nSPS) is 29.2. The van der Waals surface area contributed by atoms with Crippen LogP contribution in [0.3, 0.4) is 0 Å². The fourth-order valence-corrected chi connectivity index (χ4v) is 3.77. The van der Waals surface area contributed by atoms with Crippen LogP contribution in [0.1, 0.15) is 26.7 Å². The fraction of sp³-hybridized carbons (Fsp3) is 0.917. The highest BCUT2D eigenvalue weighted by molar-refractivity contribution is 7.89. The molecule has 7 heteroatoms. The van der Waals surface area contributed by atoms with Crippen molar-refractivity contribution in [1.29, 1.82) is 0 Å². The van der Waals surface area contributed by atoms with E-state index >= 15 is 0 Å². The Labute approximate surface area is 114 Å². The van der Waals surface area contributed by atoms with Crippen LogP contribution in [0.2, 0.25) is 0 Å². The van der Waals surface area contributed by atoms with E-state index in [0.717, 1.165) is 12.8 Å². The summed E-state index contributed by atoms with van der Waals surface area (Å²) in [4.78, 5) is 11.4. The van der Waals surface area contributed by atoms with Crippen LogP contribution in [0.5, 0.6) is 0 Å². The first-order chi connectivity index (χ1) is 8.88. The Balaban J connectivity index is 1.81. The number of nitrogens with zero attached hydrogens (tertiary/aromatic N) is 1. The molecule has 0 radical (unpaired) electrons. The average molecular weight is 290 g/mol. The molecule has 1 heterocycles. The molecule has 0 unspecified atom stereocenters. The molecule has 6 nitrogen and oxygen atoms in total. The smallest absolute Gasteiger partial charge is 0.223 e. The first kappa shape index (κ1) is 14.7. The van der Waals surface area contributed by atoms with Gasteiger partial charge in [0.05, 0.1) is 18.0 Å². The zero-order chi connectivity index (χ0) is 14.0. The summed E-state index contributed by atoms with van der Waals surface area (Å²) in [6.07, 6.45) is 1.69. The molecule has 0 aromatic rings. The minimum Gasteiger partial charge on any atom is -0.373 e. The number of amides is 1. The van der Waals surface area contributed by atoms with Crippen LogP contribution in [-0.4, -0.2) is 56.2 Å². The lowest BCUT2D eigenvalue weighted by Gasteiger charge is -2.34. The van der Waals surface area contributed by atoms with Gasteiger partial charge in [0, 0.05) is 25.6 Å². The fourth-order valence-electron chi connectivity index (χ4n) is 2.28. The van der Waals surface area contributed by atoms with Crippen LogP contribution in [-0.2, 0) is 19.6 Å². The molecule has 0 bridgehead atoms. The molecule has 1 aliphatic carbocycles. The van der Waals surface area contributed by atoms with E-state index in [4.69, 9.17) is 4.74 Å². The average Bonchev–Trinajstić information content (AvgIpc) is 3.10. The summed E-state index contributed by atoms with van der Waals surface area (Å²) in [5.41, 5.74) is 0. The van der Waals surface area contributed by atoms with Crippen molar-refractivity contribution in [2.75, 3.05) is 25.4 Å². The third-order valence-electron chi connectivity index (χ3n) is 3.39. The van der Waals surface area contributed by atoms with Crippen LogP contribution < -0.4 is 5.32 Å². The van der Waals surface area contributed by atoms with E-state index in [2.05, 4.69) is 5.32 Å². The van der Waals surface area contributed by atoms with Gasteiger partial charge in [-0.2, -0.15) is 4.31 Å². The van der Waals surface area contributed by atoms with Crippen molar-refractivity contribution in [2.24, 2.45) is 5.92 Å². The Kier molecular flexibility index (Phi) is 4.47. The van der Waals surface area contributed by atoms with Gasteiger partial charge in [-0.3, -0.25) is 4.79 Å². The highest BCUT2D eigenvalue weighted by Crippen LogP contribution is 2.28. The van der Waals surface area contributed by atoms with Crippen molar-refractivity contribution >= 4 is 15.9 Å². The summed E-state index contributed by atoms with van der Waals surface area (Å²) in [6.45, 7) is 4.71. The van der Waals surface area contributed by atoms with Gasteiger partial charge in [-0.15, -0.1) is 0 Å². The molecule has 0 aromatic heterocycles. The highest BCUT2D eigenvalue weighted by Gasteiger charge is 2.32. The molecular formula is C12H22N2O4S. The summed E-state index contributed by atoms with van der Waals surface area (Å²) < 4.78 is 31.3. The van der Waals surface area contributed by atoms with Crippen molar-refractivity contribution in [3.8, 4) is 0 Å². The Bertz CT molecular complexity index is 423. The van der Waals surface area contributed by atoms with E-state index in [-0.39, 0.29) is 36.3 Å². The first-order valence-corrected chi connectivity index (χ1v) is 8.40. The number of ether oxygens (including phenoxy) is 1. The Morgan fingerprint density at radius 3 is 2.37 bits per heavy atom. The minimum atomic E-state index is -3.31. The van der Waals surface area contributed by atoms with Crippen molar-refractivity contribution in [2.45, 2.75) is 38.9 Å². The van der Waals surface area contributed by atoms with Gasteiger partial charge in [0.2, 0.25) is 15.9 Å². The number of sulfonamides is 1. The van der Waals surface area contributed by atoms with E-state index in [1.165, 1.54) is 4.31 Å². The lowest BCUT2D eigenvalue weighted by atomic mass is 10.3. The molecule has 110 valence electrons. The number of carbonyl (C=O) groups excluding carboxylic acids is 1. The van der Waals surface area contributed by atoms with E-state index < -0.39 is 10.0 Å². The second-order valence-corrected chi connectivity index (χ2v) is 7.54. The molecule has 1 saturated heterocycles. The molecule has 1 N–H and O–H groups in total. The zero-order valence-corrected chi connectivity index (χ0v) is 12.3. The predicted molar refractivity (Wildman–Crippen MR) is 71.1 cm³/mol. The summed E-state index contributed by atoms with van der Waals surface area (Å²) in [5, 5.41) is 2.69. The van der Waals surface area contributed by atoms with Gasteiger partial charge in [0.15, 0.2) is 0 Å². The summed E-state index contributed by atoms with van der Waals surface area (Å²) in [6, 6.07) is 0. The molecule has 19 heavy (non-hydrogen) atoms. The van der Waals surface area contributed by atoms with Crippen molar-refractivity contribution in [3.05, 3.63) is 0 Å². The van der Waals surface area contributed by atoms with E-state index in [1.807, 2.05) is 13.8 Å². The number of carbonyl (C=O) groups is 1. The van der Waals surface area contributed by atoms with E-state index in [0.29, 0.717) is 13.1 Å². The Morgan fingerprint density at radius 1 is 1.26 bits per heavy atom. The van der Waals surface area contributed by atoms with Crippen molar-refractivity contribution in [1.82, 2.24) is 9.62 Å². The number of hydrogen-bond acceptors (Lipinski definition) is 4. The minimum absolute atomic E-state index is 0.0149. The van der Waals surface area contributed by atoms with Crippen LogP contribution in [0.15, 0.2) is 0 Å². The monoisotopic (exact) mass is 290 g/mol. The zero-order valence-electron chi connectivity index (χ0n) is 11.5. The molecule has 0 spiro atoms. The van der Waals surface area contributed by atoms with Gasteiger partial charge >= 0.3 is 0 Å². The topological polar surface area (TPSA) is 75.7 Å². The number of nitrogens with one attached hydrogen (secondary N) is 1. The Hall–Kier alpha value is -0.660. The van der Waals surface area contributed by atoms with E-state index in [9.17, 15) is 13.2 Å². The number of morpholine rings is 1. The first-order valence-electron chi connectivity index (χ1n) is 6.79. The molecule has 2 atom stereocenters. The Morgan fingerprint density at radius 2 is 1.84 bits per heavy atom. The number of rotatable bonds is 5. The number of hydrogen-bond donors (Lipinski definition) is 1. The van der Waals surface area contributed by atoms with E-state index in [1.54, 1.807) is 0 Å². The van der Waals surface area contributed by atoms with Gasteiger partial charge in [-0.1, -0.05) is 0 Å². The summed E-state index contributed by atoms with van der Waals surface area (Å²) in [5.74, 6) is 0.0651. The predicted octanol–water partition coefficient (Wildman–Crippen LogP) is -0.0484. The quantitative estimate of drug-likeness (QED) is 0.770. The molecule has 1 aliphatic heterocycles. The van der Waals surface area contributed by atoms with Gasteiger partial charge in [0.25, 0.3) is 0 Å².